The maximum absolute atomic E-state index is 13.2. The summed E-state index contributed by atoms with van der Waals surface area (Å²) in [6.45, 7) is 27.9. The second-order valence-electron chi connectivity index (χ2n) is 34.6. The minimum atomic E-state index is -6.29. The number of esters is 6. The second-order valence-corrected chi connectivity index (χ2v) is 34.6. The van der Waals surface area contributed by atoms with Crippen LogP contribution in [-0.2, 0) is 57.2 Å². The summed E-state index contributed by atoms with van der Waals surface area (Å²) in [7, 11) is 3.97. The first-order valence-corrected chi connectivity index (χ1v) is 40.7. The molecule has 0 aliphatic heterocycles. The number of ether oxygens (including phenoxy) is 6. The Morgan fingerprint density at radius 2 is 0.551 bits per heavy atom. The minimum absolute atomic E-state index is 0.0380. The molecular weight excluding hydrogens is 1990 g/mol. The predicted octanol–water partition coefficient (Wildman–Crippen LogP) is 19.4. The molecule has 10 saturated carbocycles. The predicted molar refractivity (Wildman–Crippen MR) is 403 cm³/mol. The zero-order valence-corrected chi connectivity index (χ0v) is 74.5. The van der Waals surface area contributed by atoms with Gasteiger partial charge in [0.15, 0.2) is 11.2 Å². The van der Waals surface area contributed by atoms with Crippen LogP contribution in [-0.4, -0.2) is 241 Å². The van der Waals surface area contributed by atoms with Crippen LogP contribution in [0.1, 0.15) is 164 Å². The lowest BCUT2D eigenvalue weighted by molar-refractivity contribution is -0.392. The Morgan fingerprint density at radius 3 is 0.696 bits per heavy atom. The molecular formula is C82H104F36O20. The number of methoxy groups -OCH3 is 3. The van der Waals surface area contributed by atoms with Crippen molar-refractivity contribution in [1.82, 2.24) is 0 Å². The van der Waals surface area contributed by atoms with Crippen LogP contribution in [0.25, 0.3) is 0 Å². The molecule has 10 fully saturated rings. The summed E-state index contributed by atoms with van der Waals surface area (Å²) in [6, 6.07) is 0. The fraction of sp³-hybridized carbons (Fsp3) is 0.780. The van der Waals surface area contributed by atoms with Crippen molar-refractivity contribution in [3.8, 4) is 0 Å². The Hall–Kier alpha value is -7.58. The van der Waals surface area contributed by atoms with Gasteiger partial charge in [0.1, 0.15) is 12.2 Å². The fourth-order valence-electron chi connectivity index (χ4n) is 17.5. The van der Waals surface area contributed by atoms with Crippen LogP contribution < -0.4 is 0 Å². The first-order chi connectivity index (χ1) is 61.4. The molecule has 0 spiro atoms. The summed E-state index contributed by atoms with van der Waals surface area (Å²) in [5, 5.41) is 75.0. The smallest absolute Gasteiger partial charge is 0.426 e. The third kappa shape index (κ3) is 26.9. The number of fused-ring (bicyclic) bond motifs is 8. The van der Waals surface area contributed by atoms with Gasteiger partial charge in [-0.15, -0.1) is 0 Å². The van der Waals surface area contributed by atoms with Gasteiger partial charge in [-0.2, -0.15) is 127 Å². The molecule has 8 bridgehead atoms. The van der Waals surface area contributed by atoms with E-state index in [1.54, 1.807) is 27.7 Å². The fourth-order valence-corrected chi connectivity index (χ4v) is 17.5. The van der Waals surface area contributed by atoms with Crippen LogP contribution in [0.4, 0.5) is 158 Å². The number of hydrogen-bond donors (Lipinski definition) is 8. The monoisotopic (exact) mass is 2090 g/mol. The van der Waals surface area contributed by atoms with Crippen molar-refractivity contribution in [3.63, 3.8) is 0 Å². The largest absolute Gasteiger partial charge is 0.466 e. The molecule has 56 heteroatoms. The molecule has 804 valence electrons. The first kappa shape index (κ1) is 128. The highest BCUT2D eigenvalue weighted by Gasteiger charge is 2.84. The summed E-state index contributed by atoms with van der Waals surface area (Å²) < 4.78 is 492. The standard InChI is InChI=1S/C16H19F9O4.C15H17F9O4.3C8H9F5O.C7H9F3O.C6H10O2.2C5H8O2.C4H6O2/c1-7(2)11(26)29-10-5-8(12(3,27)14(17,18)19)4-9(6-10)13(28,15(20,21)22)16(23,24)25;1-3-10(25)28-9-5-7(11(2,26)13(16,17)18)4-8(6-9)12(27,14(19,20)21)15(22,23)24;3*9-7(10)5-2-1-4(3-5)6(7,14)8(11,12)13;8-6(9)4-1-2-5(3-4)7(6,10)11;1-4-8-6(7)5(2)3;2*1-4(2)5(6)7-3;1-3-4(5)6-2/h8-10,27-28H,1,4-6H2,2-3H3;3,7-9,26-27H,1,4-6H2,2H3;3*4-5,14H,1-3H2;4-5,11H,1-3H2;2,4H2,1,3H3;2*1H2,2-3H3;3H,1H2,2H3. The zero-order valence-electron chi connectivity index (χ0n) is 74.5. The van der Waals surface area contributed by atoms with E-state index in [-0.39, 0.29) is 102 Å². The molecule has 0 aromatic rings. The highest BCUT2D eigenvalue weighted by molar-refractivity contribution is 5.88. The van der Waals surface area contributed by atoms with Crippen LogP contribution >= 0.6 is 0 Å². The third-order valence-electron chi connectivity index (χ3n) is 25.5. The lowest BCUT2D eigenvalue weighted by atomic mass is 9.66. The van der Waals surface area contributed by atoms with E-state index >= 15 is 0 Å². The number of rotatable bonds is 13. The van der Waals surface area contributed by atoms with Crippen LogP contribution in [0.2, 0.25) is 0 Å². The highest BCUT2D eigenvalue weighted by atomic mass is 19.5. The van der Waals surface area contributed by atoms with E-state index in [2.05, 4.69) is 67.9 Å². The van der Waals surface area contributed by atoms with Gasteiger partial charge in [0.25, 0.3) is 34.8 Å². The number of aliphatic hydroxyl groups is 8. The molecule has 10 aliphatic rings. The average Bonchev–Trinajstić information content (AvgIpc) is 1.51. The molecule has 0 aromatic heterocycles. The molecule has 0 amide bonds. The topological polar surface area (TPSA) is 320 Å². The molecule has 0 aromatic carbocycles. The average molecular weight is 2090 g/mol. The Morgan fingerprint density at radius 1 is 0.319 bits per heavy atom. The van der Waals surface area contributed by atoms with Gasteiger partial charge in [-0.3, -0.25) is 0 Å². The molecule has 20 unspecified atom stereocenters. The Balaban J connectivity index is 0.000000801. The van der Waals surface area contributed by atoms with E-state index < -0.39 is 264 Å². The molecule has 138 heavy (non-hydrogen) atoms. The van der Waals surface area contributed by atoms with E-state index in [4.69, 9.17) is 5.11 Å². The van der Waals surface area contributed by atoms with Gasteiger partial charge in [-0.25, -0.2) is 59.5 Å². The van der Waals surface area contributed by atoms with Crippen LogP contribution in [0.3, 0.4) is 0 Å². The van der Waals surface area contributed by atoms with Gasteiger partial charge >= 0.3 is 97.3 Å². The van der Waals surface area contributed by atoms with Crippen molar-refractivity contribution in [2.45, 2.75) is 301 Å². The molecule has 8 N–H and O–H groups in total. The molecule has 20 nitrogen and oxygen atoms in total. The molecule has 20 atom stereocenters. The lowest BCUT2D eigenvalue weighted by Gasteiger charge is -2.47. The van der Waals surface area contributed by atoms with Gasteiger partial charge in [0, 0.05) is 105 Å². The number of alkyl halides is 36. The maximum Gasteiger partial charge on any atom is 0.426 e. The van der Waals surface area contributed by atoms with Gasteiger partial charge < -0.3 is 69.3 Å². The molecule has 10 aliphatic carbocycles. The van der Waals surface area contributed by atoms with Crippen molar-refractivity contribution >= 4 is 35.8 Å². The van der Waals surface area contributed by atoms with Gasteiger partial charge in [-0.1, -0.05) is 39.5 Å². The van der Waals surface area contributed by atoms with E-state index in [1.165, 1.54) is 21.3 Å². The third-order valence-corrected chi connectivity index (χ3v) is 25.5. The van der Waals surface area contributed by atoms with Crippen LogP contribution in [0.5, 0.6) is 0 Å². The summed E-state index contributed by atoms with van der Waals surface area (Å²) in [6.07, 6.45) is -60.3. The van der Waals surface area contributed by atoms with Crippen LogP contribution in [0, 0.1) is 71.0 Å². The summed E-state index contributed by atoms with van der Waals surface area (Å²) >= 11 is 0. The maximum atomic E-state index is 13.2. The number of carbonyl (C=O) groups is 6. The van der Waals surface area contributed by atoms with Crippen molar-refractivity contribution in [2.75, 3.05) is 27.9 Å². The van der Waals surface area contributed by atoms with E-state index in [9.17, 15) is 223 Å². The van der Waals surface area contributed by atoms with Crippen molar-refractivity contribution in [1.29, 1.82) is 0 Å². The number of halogens is 36. The van der Waals surface area contributed by atoms with Gasteiger partial charge in [-0.05, 0) is 164 Å². The first-order valence-electron chi connectivity index (χ1n) is 40.7. The molecule has 10 rings (SSSR count). The quantitative estimate of drug-likeness (QED) is 0.0368. The van der Waals surface area contributed by atoms with Crippen molar-refractivity contribution in [3.05, 3.63) is 73.9 Å². The Bertz CT molecular complexity index is 3980. The zero-order chi connectivity index (χ0) is 109. The van der Waals surface area contributed by atoms with Crippen LogP contribution in [0.15, 0.2) is 73.9 Å². The molecule has 0 radical (unpaired) electrons. The Labute approximate surface area is 763 Å². The van der Waals surface area contributed by atoms with Crippen molar-refractivity contribution < 1.29 is 256 Å². The van der Waals surface area contributed by atoms with E-state index in [1.807, 2.05) is 0 Å². The SMILES string of the molecule is C=C(C)C(=O)OC.C=C(C)C(=O)OC.C=C(C)C(=O)OC1CC(C(C)(O)C(F)(F)F)CC(C(O)(C(F)(F)F)C(F)(F)F)C1.C=C(C)C(=O)OCC.C=CC(=O)OC.C=CC(=O)OC1CC(C(C)(O)C(F)(F)F)CC(C(O)(C(F)(F)F)C(F)(F)F)C1.OC1(C(F)(F)F)C2CCC(C2)C1(F)F.OC1(C(F)(F)F)C2CCC(C2)C1(F)F.OC1(C(F)(F)F)C2CCC(C2)C1(F)F.OC1(F)C2CCC(C2)C1(F)F. The molecule has 0 heterocycles. The van der Waals surface area contributed by atoms with E-state index in [0.29, 0.717) is 42.2 Å². The van der Waals surface area contributed by atoms with Crippen molar-refractivity contribution in [2.24, 2.45) is 71.0 Å². The second kappa shape index (κ2) is 45.2. The highest BCUT2D eigenvalue weighted by Crippen LogP contribution is 2.69. The van der Waals surface area contributed by atoms with Gasteiger partial charge in [0.05, 0.1) is 27.9 Å². The minimum Gasteiger partial charge on any atom is -0.466 e. The molecule has 0 saturated heterocycles. The lowest BCUT2D eigenvalue weighted by Crippen LogP contribution is -2.64. The number of carbonyl (C=O) groups excluding carboxylic acids is 6. The van der Waals surface area contributed by atoms with Gasteiger partial charge in [0.2, 0.25) is 16.8 Å². The van der Waals surface area contributed by atoms with E-state index in [0.717, 1.165) is 13.0 Å². The summed E-state index contributed by atoms with van der Waals surface area (Å²) in [4.78, 5) is 63.5. The normalized spacial score (nSPS) is 30.9. The summed E-state index contributed by atoms with van der Waals surface area (Å²) in [5.74, 6) is -42.6. The Kier molecular flexibility index (Phi) is 42.0. The summed E-state index contributed by atoms with van der Waals surface area (Å²) in [5.41, 5.74) is -28.5. The number of hydrogen-bond acceptors (Lipinski definition) is 20.